The maximum absolute atomic E-state index is 11.2. The Morgan fingerprint density at radius 2 is 2.23 bits per heavy atom. The van der Waals surface area contributed by atoms with Crippen molar-refractivity contribution in [2.45, 2.75) is 13.8 Å². The smallest absolute Gasteiger partial charge is 0.338 e. The molecule has 0 aliphatic heterocycles. The molecule has 70 valence electrons. The third kappa shape index (κ3) is 2.46. The van der Waals surface area contributed by atoms with Crippen LogP contribution in [-0.4, -0.2) is 12.6 Å². The number of carbonyl (C=O) groups excluding carboxylic acids is 1. The summed E-state index contributed by atoms with van der Waals surface area (Å²) in [5.41, 5.74) is 1.43. The Hall–Kier alpha value is -1.02. The van der Waals surface area contributed by atoms with E-state index in [0.717, 1.165) is 5.56 Å². The lowest BCUT2D eigenvalue weighted by molar-refractivity contribution is 0.0526. The Kier molecular flexibility index (Phi) is 3.32. The molecule has 1 aromatic carbocycles. The molecule has 1 aromatic rings. The summed E-state index contributed by atoms with van der Waals surface area (Å²) in [6.07, 6.45) is 0. The van der Waals surface area contributed by atoms with Gasteiger partial charge in [-0.25, -0.2) is 4.79 Å². The molecule has 0 saturated heterocycles. The summed E-state index contributed by atoms with van der Waals surface area (Å²) in [6.45, 7) is 4.02. The lowest BCUT2D eigenvalue weighted by atomic mass is 10.1. The van der Waals surface area contributed by atoms with Crippen LogP contribution in [-0.2, 0) is 4.74 Å². The molecule has 0 aliphatic carbocycles. The highest BCUT2D eigenvalue weighted by molar-refractivity contribution is 6.31. The van der Waals surface area contributed by atoms with Crippen LogP contribution in [0.15, 0.2) is 18.2 Å². The molecule has 3 heteroatoms. The van der Waals surface area contributed by atoms with Gasteiger partial charge in [-0.2, -0.15) is 0 Å². The molecule has 0 spiro atoms. The van der Waals surface area contributed by atoms with Gasteiger partial charge in [0.1, 0.15) is 0 Å². The first-order valence-corrected chi connectivity index (χ1v) is 4.46. The zero-order chi connectivity index (χ0) is 9.84. The Labute approximate surface area is 82.5 Å². The summed E-state index contributed by atoms with van der Waals surface area (Å²) < 4.78 is 4.84. The average Bonchev–Trinajstić information content (AvgIpc) is 2.10. The van der Waals surface area contributed by atoms with Gasteiger partial charge in [0.15, 0.2) is 0 Å². The Morgan fingerprint density at radius 1 is 1.54 bits per heavy atom. The number of rotatable bonds is 2. The zero-order valence-electron chi connectivity index (χ0n) is 7.63. The summed E-state index contributed by atoms with van der Waals surface area (Å²) in [6, 6.07) is 5.08. The highest BCUT2D eigenvalue weighted by atomic mass is 35.5. The number of ether oxygens (including phenoxy) is 1. The standard InChI is InChI=1S/C10H11ClO2/c1-3-13-10(12)8-4-5-9(11)7(2)6-8/h4-6H,3H2,1-2H3. The van der Waals surface area contributed by atoms with Crippen LogP contribution in [0.5, 0.6) is 0 Å². The van der Waals surface area contributed by atoms with Gasteiger partial charge in [0.25, 0.3) is 0 Å². The summed E-state index contributed by atoms with van der Waals surface area (Å²) in [4.78, 5) is 11.2. The molecule has 0 radical (unpaired) electrons. The van der Waals surface area contributed by atoms with Gasteiger partial charge in [-0.3, -0.25) is 0 Å². The first-order chi connectivity index (χ1) is 6.15. The van der Waals surface area contributed by atoms with Crippen LogP contribution in [0.4, 0.5) is 0 Å². The molecule has 0 heterocycles. The minimum absolute atomic E-state index is 0.303. The van der Waals surface area contributed by atoms with Gasteiger partial charge in [0.05, 0.1) is 12.2 Å². The molecule has 0 fully saturated rings. The minimum Gasteiger partial charge on any atom is -0.462 e. The van der Waals surface area contributed by atoms with E-state index in [1.54, 1.807) is 25.1 Å². The van der Waals surface area contributed by atoms with Crippen molar-refractivity contribution >= 4 is 17.6 Å². The molecule has 0 aromatic heterocycles. The van der Waals surface area contributed by atoms with Gasteiger partial charge in [0.2, 0.25) is 0 Å². The first kappa shape index (κ1) is 10.1. The van der Waals surface area contributed by atoms with Crippen molar-refractivity contribution in [1.29, 1.82) is 0 Å². The van der Waals surface area contributed by atoms with Crippen LogP contribution in [0.2, 0.25) is 5.02 Å². The van der Waals surface area contributed by atoms with E-state index in [2.05, 4.69) is 0 Å². The third-order valence-corrected chi connectivity index (χ3v) is 2.09. The second kappa shape index (κ2) is 4.28. The summed E-state index contributed by atoms with van der Waals surface area (Å²) >= 11 is 5.81. The Bertz CT molecular complexity index is 321. The molecule has 0 unspecified atom stereocenters. The van der Waals surface area contributed by atoms with Gasteiger partial charge < -0.3 is 4.74 Å². The van der Waals surface area contributed by atoms with E-state index >= 15 is 0 Å². The number of esters is 1. The number of halogens is 1. The van der Waals surface area contributed by atoms with Crippen molar-refractivity contribution < 1.29 is 9.53 Å². The number of carbonyl (C=O) groups is 1. The molecule has 2 nitrogen and oxygen atoms in total. The number of aryl methyl sites for hydroxylation is 1. The highest BCUT2D eigenvalue weighted by Crippen LogP contribution is 2.16. The molecule has 0 atom stereocenters. The fourth-order valence-electron chi connectivity index (χ4n) is 0.986. The van der Waals surface area contributed by atoms with Crippen molar-refractivity contribution in [3.8, 4) is 0 Å². The van der Waals surface area contributed by atoms with Crippen molar-refractivity contribution in [3.05, 3.63) is 34.3 Å². The molecule has 0 amide bonds. The van der Waals surface area contributed by atoms with E-state index in [4.69, 9.17) is 16.3 Å². The molecule has 0 bridgehead atoms. The fraction of sp³-hybridized carbons (Fsp3) is 0.300. The van der Waals surface area contributed by atoms with Crippen molar-refractivity contribution in [1.82, 2.24) is 0 Å². The van der Waals surface area contributed by atoms with Crippen LogP contribution in [0.1, 0.15) is 22.8 Å². The predicted octanol–water partition coefficient (Wildman–Crippen LogP) is 2.83. The largest absolute Gasteiger partial charge is 0.462 e. The van der Waals surface area contributed by atoms with Crippen molar-refractivity contribution in [3.63, 3.8) is 0 Å². The SMILES string of the molecule is CCOC(=O)c1ccc(Cl)c(C)c1. The maximum Gasteiger partial charge on any atom is 0.338 e. The van der Waals surface area contributed by atoms with E-state index in [9.17, 15) is 4.79 Å². The number of hydrogen-bond acceptors (Lipinski definition) is 2. The van der Waals surface area contributed by atoms with E-state index in [1.165, 1.54) is 0 Å². The molecular weight excluding hydrogens is 188 g/mol. The summed E-state index contributed by atoms with van der Waals surface area (Å²) in [7, 11) is 0. The fourth-order valence-corrected chi connectivity index (χ4v) is 1.10. The summed E-state index contributed by atoms with van der Waals surface area (Å²) in [5, 5.41) is 0.660. The van der Waals surface area contributed by atoms with Gasteiger partial charge in [-0.05, 0) is 37.6 Å². The highest BCUT2D eigenvalue weighted by Gasteiger charge is 2.06. The van der Waals surface area contributed by atoms with Crippen molar-refractivity contribution in [2.24, 2.45) is 0 Å². The van der Waals surface area contributed by atoms with E-state index in [1.807, 2.05) is 6.92 Å². The normalized spacial score (nSPS) is 9.77. The molecule has 1 rings (SSSR count). The third-order valence-electron chi connectivity index (χ3n) is 1.67. The second-order valence-corrected chi connectivity index (χ2v) is 3.09. The van der Waals surface area contributed by atoms with Crippen LogP contribution in [0.3, 0.4) is 0 Å². The van der Waals surface area contributed by atoms with Gasteiger partial charge in [0, 0.05) is 5.02 Å². The van der Waals surface area contributed by atoms with E-state index in [0.29, 0.717) is 17.2 Å². The topological polar surface area (TPSA) is 26.3 Å². The van der Waals surface area contributed by atoms with Crippen LogP contribution < -0.4 is 0 Å². The number of benzene rings is 1. The lowest BCUT2D eigenvalue weighted by Gasteiger charge is -2.03. The predicted molar refractivity (Wildman–Crippen MR) is 52.1 cm³/mol. The summed E-state index contributed by atoms with van der Waals surface area (Å²) in [5.74, 6) is -0.303. The first-order valence-electron chi connectivity index (χ1n) is 4.08. The number of hydrogen-bond donors (Lipinski definition) is 0. The molecular formula is C10H11ClO2. The monoisotopic (exact) mass is 198 g/mol. The van der Waals surface area contributed by atoms with Gasteiger partial charge in [-0.15, -0.1) is 0 Å². The molecule has 13 heavy (non-hydrogen) atoms. The molecule has 0 saturated carbocycles. The zero-order valence-corrected chi connectivity index (χ0v) is 8.39. The van der Waals surface area contributed by atoms with Crippen LogP contribution in [0, 0.1) is 6.92 Å². The van der Waals surface area contributed by atoms with Crippen LogP contribution in [0.25, 0.3) is 0 Å². The van der Waals surface area contributed by atoms with E-state index < -0.39 is 0 Å². The van der Waals surface area contributed by atoms with E-state index in [-0.39, 0.29) is 5.97 Å². The van der Waals surface area contributed by atoms with Gasteiger partial charge in [-0.1, -0.05) is 11.6 Å². The van der Waals surface area contributed by atoms with Crippen LogP contribution >= 0.6 is 11.6 Å². The molecule has 0 aliphatic rings. The maximum atomic E-state index is 11.2. The Balaban J connectivity index is 2.90. The Morgan fingerprint density at radius 3 is 2.77 bits per heavy atom. The minimum atomic E-state index is -0.303. The quantitative estimate of drug-likeness (QED) is 0.684. The second-order valence-electron chi connectivity index (χ2n) is 2.68. The lowest BCUT2D eigenvalue weighted by Crippen LogP contribution is -2.04. The average molecular weight is 199 g/mol. The molecule has 0 N–H and O–H groups in total. The van der Waals surface area contributed by atoms with Gasteiger partial charge >= 0.3 is 5.97 Å². The van der Waals surface area contributed by atoms with Crippen molar-refractivity contribution in [2.75, 3.05) is 6.61 Å².